The summed E-state index contributed by atoms with van der Waals surface area (Å²) in [6.07, 6.45) is 1.67. The molecule has 0 spiro atoms. The Labute approximate surface area is 79.9 Å². The number of hydrogen-bond acceptors (Lipinski definition) is 1. The molecule has 1 nitrogen and oxygen atoms in total. The third kappa shape index (κ3) is 1.01. The van der Waals surface area contributed by atoms with Crippen molar-refractivity contribution in [3.63, 3.8) is 0 Å². The van der Waals surface area contributed by atoms with Gasteiger partial charge in [0.15, 0.2) is 5.58 Å². The molecule has 12 heavy (non-hydrogen) atoms. The Hall–Kier alpha value is -0.660. The molecule has 0 unspecified atom stereocenters. The van der Waals surface area contributed by atoms with Crippen LogP contribution in [0.5, 0.6) is 0 Å². The van der Waals surface area contributed by atoms with Crippen LogP contribution in [0, 0.1) is 6.92 Å². The molecule has 0 bridgehead atoms. The van der Waals surface area contributed by atoms with E-state index in [2.05, 4.69) is 0 Å². The first-order valence-electron chi connectivity index (χ1n) is 3.52. The predicted octanol–water partition coefficient (Wildman–Crippen LogP) is 4.05. The van der Waals surface area contributed by atoms with Gasteiger partial charge in [0.2, 0.25) is 0 Å². The molecule has 0 amide bonds. The van der Waals surface area contributed by atoms with E-state index in [9.17, 15) is 0 Å². The summed E-state index contributed by atoms with van der Waals surface area (Å²) in [4.78, 5) is 0. The van der Waals surface area contributed by atoms with Crippen molar-refractivity contribution < 1.29 is 4.42 Å². The normalized spacial score (nSPS) is 10.9. The number of aryl methyl sites for hydroxylation is 1. The summed E-state index contributed by atoms with van der Waals surface area (Å²) in [6.45, 7) is 1.97. The van der Waals surface area contributed by atoms with Gasteiger partial charge in [0.25, 0.3) is 0 Å². The van der Waals surface area contributed by atoms with E-state index in [4.69, 9.17) is 27.6 Å². The fraction of sp³-hybridized carbons (Fsp3) is 0.111. The van der Waals surface area contributed by atoms with Gasteiger partial charge in [0.1, 0.15) is 5.02 Å². The summed E-state index contributed by atoms with van der Waals surface area (Å²) in [5.74, 6) is 0. The maximum atomic E-state index is 5.91. The van der Waals surface area contributed by atoms with Gasteiger partial charge in [-0.05, 0) is 24.6 Å². The Bertz CT molecular complexity index is 431. The van der Waals surface area contributed by atoms with Crippen LogP contribution in [0.4, 0.5) is 0 Å². The molecule has 0 saturated heterocycles. The highest BCUT2D eigenvalue weighted by Gasteiger charge is 2.08. The van der Waals surface area contributed by atoms with Crippen molar-refractivity contribution in [2.24, 2.45) is 0 Å². The standard InChI is InChI=1S/C9H6Cl2O/c1-5-4-12-9-6(5)2-3-7(10)8(9)11/h2-4H,1H3. The zero-order valence-electron chi connectivity index (χ0n) is 6.40. The summed E-state index contributed by atoms with van der Waals surface area (Å²) in [5, 5.41) is 2.03. The molecule has 2 aromatic rings. The lowest BCUT2D eigenvalue weighted by atomic mass is 10.2. The summed E-state index contributed by atoms with van der Waals surface area (Å²) in [6, 6.07) is 3.68. The van der Waals surface area contributed by atoms with Gasteiger partial charge in [-0.1, -0.05) is 23.2 Å². The maximum absolute atomic E-state index is 5.91. The average molecular weight is 201 g/mol. The third-order valence-electron chi connectivity index (χ3n) is 1.83. The van der Waals surface area contributed by atoms with E-state index in [0.717, 1.165) is 10.9 Å². The van der Waals surface area contributed by atoms with E-state index in [1.165, 1.54) is 0 Å². The van der Waals surface area contributed by atoms with Crippen molar-refractivity contribution in [3.8, 4) is 0 Å². The topological polar surface area (TPSA) is 13.1 Å². The van der Waals surface area contributed by atoms with Gasteiger partial charge in [-0.15, -0.1) is 0 Å². The number of benzene rings is 1. The van der Waals surface area contributed by atoms with E-state index < -0.39 is 0 Å². The summed E-state index contributed by atoms with van der Waals surface area (Å²) < 4.78 is 5.24. The molecule has 3 heteroatoms. The van der Waals surface area contributed by atoms with E-state index in [1.807, 2.05) is 13.0 Å². The van der Waals surface area contributed by atoms with Gasteiger partial charge in [-0.25, -0.2) is 0 Å². The Morgan fingerprint density at radius 2 is 2.00 bits per heavy atom. The van der Waals surface area contributed by atoms with Crippen LogP contribution in [0.2, 0.25) is 10.0 Å². The van der Waals surface area contributed by atoms with Crippen LogP contribution in [0.1, 0.15) is 5.56 Å². The molecule has 0 N–H and O–H groups in total. The fourth-order valence-electron chi connectivity index (χ4n) is 1.17. The number of furan rings is 1. The summed E-state index contributed by atoms with van der Waals surface area (Å²) in [5.41, 5.74) is 1.74. The highest BCUT2D eigenvalue weighted by atomic mass is 35.5. The molecular formula is C9H6Cl2O. The van der Waals surface area contributed by atoms with Crippen molar-refractivity contribution in [2.45, 2.75) is 6.92 Å². The second kappa shape index (κ2) is 2.68. The summed E-state index contributed by atoms with van der Waals surface area (Å²) in [7, 11) is 0. The smallest absolute Gasteiger partial charge is 0.154 e. The lowest BCUT2D eigenvalue weighted by Crippen LogP contribution is -1.71. The monoisotopic (exact) mass is 200 g/mol. The average Bonchev–Trinajstić information content (AvgIpc) is 2.41. The van der Waals surface area contributed by atoms with Crippen LogP contribution in [-0.2, 0) is 0 Å². The van der Waals surface area contributed by atoms with Crippen molar-refractivity contribution in [1.82, 2.24) is 0 Å². The van der Waals surface area contributed by atoms with E-state index in [0.29, 0.717) is 15.6 Å². The lowest BCUT2D eigenvalue weighted by molar-refractivity contribution is 0.613. The molecule has 0 fully saturated rings. The Morgan fingerprint density at radius 3 is 2.75 bits per heavy atom. The van der Waals surface area contributed by atoms with Crippen molar-refractivity contribution in [3.05, 3.63) is 34.0 Å². The van der Waals surface area contributed by atoms with Gasteiger partial charge in [-0.3, -0.25) is 0 Å². The van der Waals surface area contributed by atoms with Crippen LogP contribution in [0.25, 0.3) is 11.0 Å². The Balaban J connectivity index is 2.93. The molecule has 0 aliphatic carbocycles. The molecule has 1 aromatic carbocycles. The first kappa shape index (κ1) is 7.96. The molecule has 0 saturated carbocycles. The van der Waals surface area contributed by atoms with E-state index in [-0.39, 0.29) is 0 Å². The molecule has 1 heterocycles. The molecule has 0 radical (unpaired) electrons. The second-order valence-electron chi connectivity index (χ2n) is 2.66. The molecule has 0 atom stereocenters. The number of hydrogen-bond donors (Lipinski definition) is 0. The second-order valence-corrected chi connectivity index (χ2v) is 3.44. The van der Waals surface area contributed by atoms with Crippen LogP contribution in [0.15, 0.2) is 22.8 Å². The van der Waals surface area contributed by atoms with Crippen LogP contribution in [0.3, 0.4) is 0 Å². The molecule has 2 rings (SSSR count). The van der Waals surface area contributed by atoms with Gasteiger partial charge in [0.05, 0.1) is 11.3 Å². The van der Waals surface area contributed by atoms with E-state index in [1.54, 1.807) is 12.3 Å². The van der Waals surface area contributed by atoms with Crippen LogP contribution in [-0.4, -0.2) is 0 Å². The fourth-order valence-corrected chi connectivity index (χ4v) is 1.53. The van der Waals surface area contributed by atoms with Gasteiger partial charge >= 0.3 is 0 Å². The summed E-state index contributed by atoms with van der Waals surface area (Å²) >= 11 is 11.7. The molecule has 0 aliphatic rings. The zero-order valence-corrected chi connectivity index (χ0v) is 7.91. The largest absolute Gasteiger partial charge is 0.462 e. The van der Waals surface area contributed by atoms with Crippen LogP contribution >= 0.6 is 23.2 Å². The molecule has 0 aliphatic heterocycles. The minimum absolute atomic E-state index is 0.488. The Morgan fingerprint density at radius 1 is 1.25 bits per heavy atom. The zero-order chi connectivity index (χ0) is 8.72. The maximum Gasteiger partial charge on any atom is 0.154 e. The van der Waals surface area contributed by atoms with Gasteiger partial charge in [0, 0.05) is 5.39 Å². The van der Waals surface area contributed by atoms with Gasteiger partial charge < -0.3 is 4.42 Å². The molecule has 1 aromatic heterocycles. The van der Waals surface area contributed by atoms with E-state index >= 15 is 0 Å². The molecule has 62 valence electrons. The molecular weight excluding hydrogens is 195 g/mol. The highest BCUT2D eigenvalue weighted by Crippen LogP contribution is 2.32. The first-order chi connectivity index (χ1) is 5.70. The minimum Gasteiger partial charge on any atom is -0.462 e. The van der Waals surface area contributed by atoms with Gasteiger partial charge in [-0.2, -0.15) is 0 Å². The third-order valence-corrected chi connectivity index (χ3v) is 2.62. The number of fused-ring (bicyclic) bond motifs is 1. The van der Waals surface area contributed by atoms with Crippen LogP contribution < -0.4 is 0 Å². The van der Waals surface area contributed by atoms with Crippen molar-refractivity contribution >= 4 is 34.2 Å². The lowest BCUT2D eigenvalue weighted by Gasteiger charge is -1.95. The minimum atomic E-state index is 0.488. The predicted molar refractivity (Wildman–Crippen MR) is 51.0 cm³/mol. The number of halogens is 2. The van der Waals surface area contributed by atoms with Crippen molar-refractivity contribution in [2.75, 3.05) is 0 Å². The SMILES string of the molecule is Cc1coc2c(Cl)c(Cl)ccc12. The Kier molecular flexibility index (Phi) is 1.78. The quantitative estimate of drug-likeness (QED) is 0.626. The number of rotatable bonds is 0. The van der Waals surface area contributed by atoms with Crippen molar-refractivity contribution in [1.29, 1.82) is 0 Å². The first-order valence-corrected chi connectivity index (χ1v) is 4.27. The highest BCUT2D eigenvalue weighted by molar-refractivity contribution is 6.44.